The maximum Gasteiger partial charge on any atom is 0.331 e. The molecule has 1 rings (SSSR count). The van der Waals surface area contributed by atoms with Gasteiger partial charge < -0.3 is 14.9 Å². The number of rotatable bonds is 14. The van der Waals surface area contributed by atoms with Gasteiger partial charge in [0.1, 0.15) is 0 Å². The molecule has 146 valence electrons. The van der Waals surface area contributed by atoms with Crippen molar-refractivity contribution in [2.24, 2.45) is 0 Å². The summed E-state index contributed by atoms with van der Waals surface area (Å²) >= 11 is 0. The summed E-state index contributed by atoms with van der Waals surface area (Å²) in [4.78, 5) is 11.5. The fraction of sp³-hybridized carbons (Fsp3) is 0.591. The highest BCUT2D eigenvalue weighted by atomic mass is 16.5. The van der Waals surface area contributed by atoms with E-state index in [0.717, 1.165) is 18.4 Å². The van der Waals surface area contributed by atoms with Crippen LogP contribution in [0, 0.1) is 0 Å². The van der Waals surface area contributed by atoms with Crippen molar-refractivity contribution in [2.75, 3.05) is 7.11 Å². The molecule has 1 aromatic carbocycles. The normalized spacial score (nSPS) is 11.5. The zero-order valence-electron chi connectivity index (χ0n) is 16.3. The number of carboxylic acid groups (broad SMARTS) is 1. The molecule has 0 atom stereocenters. The van der Waals surface area contributed by atoms with Gasteiger partial charge in [0.05, 0.1) is 7.11 Å². The molecular weight excluding hydrogens is 328 g/mol. The summed E-state index contributed by atoms with van der Waals surface area (Å²) in [6.07, 6.45) is 14.5. The molecule has 0 unspecified atom stereocenters. The van der Waals surface area contributed by atoms with Crippen molar-refractivity contribution < 1.29 is 19.7 Å². The number of ether oxygens (including phenoxy) is 1. The van der Waals surface area contributed by atoms with Gasteiger partial charge in [-0.15, -0.1) is 0 Å². The number of benzene rings is 1. The van der Waals surface area contributed by atoms with E-state index in [1.54, 1.807) is 18.2 Å². The molecule has 4 heteroatoms. The van der Waals surface area contributed by atoms with Gasteiger partial charge >= 0.3 is 5.97 Å². The van der Waals surface area contributed by atoms with Crippen LogP contribution >= 0.6 is 0 Å². The number of aromatic hydroxyl groups is 1. The average molecular weight is 363 g/mol. The van der Waals surface area contributed by atoms with E-state index in [-0.39, 0.29) is 5.75 Å². The number of aliphatic carboxylic acids is 1. The molecule has 0 aromatic heterocycles. The van der Waals surface area contributed by atoms with Crippen LogP contribution in [0.5, 0.6) is 11.5 Å². The van der Waals surface area contributed by atoms with Crippen molar-refractivity contribution in [3.63, 3.8) is 0 Å². The monoisotopic (exact) mass is 362 g/mol. The maximum absolute atomic E-state index is 11.5. The van der Waals surface area contributed by atoms with Crippen LogP contribution in [0.2, 0.25) is 0 Å². The highest BCUT2D eigenvalue weighted by Crippen LogP contribution is 2.27. The maximum atomic E-state index is 11.5. The van der Waals surface area contributed by atoms with Crippen LogP contribution in [0.4, 0.5) is 0 Å². The Labute approximate surface area is 157 Å². The molecule has 0 bridgehead atoms. The van der Waals surface area contributed by atoms with E-state index < -0.39 is 5.97 Å². The van der Waals surface area contributed by atoms with Crippen LogP contribution < -0.4 is 4.74 Å². The van der Waals surface area contributed by atoms with Crippen molar-refractivity contribution in [3.05, 3.63) is 29.3 Å². The van der Waals surface area contributed by atoms with Crippen molar-refractivity contribution in [3.8, 4) is 11.5 Å². The number of carbonyl (C=O) groups is 1. The Balaban J connectivity index is 2.34. The Morgan fingerprint density at radius 2 is 1.58 bits per heavy atom. The zero-order chi connectivity index (χ0) is 19.2. The smallest absolute Gasteiger partial charge is 0.331 e. The third kappa shape index (κ3) is 8.93. The van der Waals surface area contributed by atoms with E-state index in [1.807, 2.05) is 0 Å². The molecule has 0 radical (unpaired) electrons. The van der Waals surface area contributed by atoms with Gasteiger partial charge in [0, 0.05) is 5.57 Å². The highest BCUT2D eigenvalue weighted by molar-refractivity contribution is 5.92. The predicted molar refractivity (Wildman–Crippen MR) is 107 cm³/mol. The van der Waals surface area contributed by atoms with E-state index in [4.69, 9.17) is 4.74 Å². The second-order valence-electron chi connectivity index (χ2n) is 6.84. The lowest BCUT2D eigenvalue weighted by Crippen LogP contribution is -2.00. The van der Waals surface area contributed by atoms with Gasteiger partial charge in [0.25, 0.3) is 0 Å². The van der Waals surface area contributed by atoms with Crippen molar-refractivity contribution in [2.45, 2.75) is 77.6 Å². The van der Waals surface area contributed by atoms with Crippen LogP contribution in [-0.4, -0.2) is 23.3 Å². The molecule has 0 fully saturated rings. The molecular formula is C22H34O4. The minimum Gasteiger partial charge on any atom is -0.504 e. The van der Waals surface area contributed by atoms with E-state index in [9.17, 15) is 15.0 Å². The molecule has 0 aliphatic heterocycles. The Morgan fingerprint density at radius 1 is 1.00 bits per heavy atom. The molecule has 1 aromatic rings. The fourth-order valence-electron chi connectivity index (χ4n) is 3.03. The highest BCUT2D eigenvalue weighted by Gasteiger charge is 2.09. The molecule has 0 aliphatic carbocycles. The Hall–Kier alpha value is -1.97. The van der Waals surface area contributed by atoms with Gasteiger partial charge in [0.15, 0.2) is 11.5 Å². The third-order valence-electron chi connectivity index (χ3n) is 4.62. The second-order valence-corrected chi connectivity index (χ2v) is 6.84. The summed E-state index contributed by atoms with van der Waals surface area (Å²) in [6.45, 7) is 2.23. The molecule has 26 heavy (non-hydrogen) atoms. The lowest BCUT2D eigenvalue weighted by molar-refractivity contribution is -0.132. The SMILES string of the molecule is CCCCCCCCCCCCC(=Cc1ccc(O)c(OC)c1)C(=O)O. The average Bonchev–Trinajstić information content (AvgIpc) is 2.63. The molecule has 0 saturated carbocycles. The fourth-order valence-corrected chi connectivity index (χ4v) is 3.03. The van der Waals surface area contributed by atoms with Gasteiger partial charge in [-0.3, -0.25) is 0 Å². The Morgan fingerprint density at radius 3 is 2.12 bits per heavy atom. The quantitative estimate of drug-likeness (QED) is 0.306. The molecule has 0 amide bonds. The first-order chi connectivity index (χ1) is 12.6. The number of methoxy groups -OCH3 is 1. The standard InChI is InChI=1S/C22H34O4/c1-3-4-5-6-7-8-9-10-11-12-13-19(22(24)25)16-18-14-15-20(23)21(17-18)26-2/h14-17,23H,3-13H2,1-2H3,(H,24,25). The van der Waals surface area contributed by atoms with Crippen LogP contribution in [-0.2, 0) is 4.79 Å². The lowest BCUT2D eigenvalue weighted by atomic mass is 10.0. The molecule has 0 heterocycles. The minimum atomic E-state index is -0.882. The minimum absolute atomic E-state index is 0.0521. The number of phenols is 1. The first-order valence-corrected chi connectivity index (χ1v) is 9.89. The van der Waals surface area contributed by atoms with E-state index in [1.165, 1.54) is 64.5 Å². The summed E-state index contributed by atoms with van der Waals surface area (Å²) < 4.78 is 5.07. The number of hydrogen-bond donors (Lipinski definition) is 2. The van der Waals surface area contributed by atoms with E-state index >= 15 is 0 Å². The van der Waals surface area contributed by atoms with Crippen LogP contribution in [0.1, 0.15) is 83.1 Å². The summed E-state index contributed by atoms with van der Waals surface area (Å²) in [7, 11) is 1.48. The molecule has 2 N–H and O–H groups in total. The van der Waals surface area contributed by atoms with Crippen LogP contribution in [0.15, 0.2) is 23.8 Å². The van der Waals surface area contributed by atoms with Gasteiger partial charge in [-0.1, -0.05) is 70.8 Å². The topological polar surface area (TPSA) is 66.8 Å². The first kappa shape index (κ1) is 22.1. The predicted octanol–water partition coefficient (Wildman–Crippen LogP) is 6.18. The van der Waals surface area contributed by atoms with Crippen molar-refractivity contribution >= 4 is 12.0 Å². The van der Waals surface area contributed by atoms with E-state index in [2.05, 4.69) is 6.92 Å². The summed E-state index contributed by atoms with van der Waals surface area (Å²) in [5.41, 5.74) is 1.13. The number of unbranched alkanes of at least 4 members (excludes halogenated alkanes) is 9. The third-order valence-corrected chi connectivity index (χ3v) is 4.62. The van der Waals surface area contributed by atoms with Crippen LogP contribution in [0.3, 0.4) is 0 Å². The molecule has 4 nitrogen and oxygen atoms in total. The largest absolute Gasteiger partial charge is 0.504 e. The van der Waals surface area contributed by atoms with Crippen molar-refractivity contribution in [1.82, 2.24) is 0 Å². The van der Waals surface area contributed by atoms with Gasteiger partial charge in [-0.25, -0.2) is 4.79 Å². The Kier molecular flexibility index (Phi) is 11.3. The summed E-state index contributed by atoms with van der Waals surface area (Å²) in [5, 5.41) is 19.0. The number of hydrogen-bond acceptors (Lipinski definition) is 3. The molecule has 0 spiro atoms. The van der Waals surface area contributed by atoms with E-state index in [0.29, 0.717) is 17.7 Å². The lowest BCUT2D eigenvalue weighted by Gasteiger charge is -2.06. The zero-order valence-corrected chi connectivity index (χ0v) is 16.3. The van der Waals surface area contributed by atoms with Gasteiger partial charge in [0.2, 0.25) is 0 Å². The molecule has 0 saturated heterocycles. The van der Waals surface area contributed by atoms with Gasteiger partial charge in [-0.05, 0) is 36.6 Å². The first-order valence-electron chi connectivity index (χ1n) is 9.89. The summed E-state index contributed by atoms with van der Waals surface area (Å²) in [6, 6.07) is 4.86. The second kappa shape index (κ2) is 13.3. The van der Waals surface area contributed by atoms with Crippen LogP contribution in [0.25, 0.3) is 6.08 Å². The Bertz CT molecular complexity index is 563. The summed E-state index contributed by atoms with van der Waals surface area (Å²) in [5.74, 6) is -0.480. The molecule has 0 aliphatic rings. The van der Waals surface area contributed by atoms with Crippen molar-refractivity contribution in [1.29, 1.82) is 0 Å². The number of carboxylic acids is 1. The number of phenolic OH excluding ortho intramolecular Hbond substituents is 1. The van der Waals surface area contributed by atoms with Gasteiger partial charge in [-0.2, -0.15) is 0 Å².